The lowest BCUT2D eigenvalue weighted by Gasteiger charge is -2.03. The lowest BCUT2D eigenvalue weighted by atomic mass is 10.2. The van der Waals surface area contributed by atoms with Crippen LogP contribution in [0.4, 0.5) is 0 Å². The summed E-state index contributed by atoms with van der Waals surface area (Å²) in [6, 6.07) is 7.49. The van der Waals surface area contributed by atoms with Crippen molar-refractivity contribution in [1.29, 1.82) is 0 Å². The van der Waals surface area contributed by atoms with Gasteiger partial charge in [-0.2, -0.15) is 5.10 Å². The normalized spacial score (nSPS) is 11.6. The van der Waals surface area contributed by atoms with Gasteiger partial charge in [0.25, 0.3) is 5.56 Å². The van der Waals surface area contributed by atoms with E-state index in [0.717, 1.165) is 14.6 Å². The Morgan fingerprint density at radius 2 is 1.82 bits per heavy atom. The maximum Gasteiger partial charge on any atom is 0.332 e. The SMILES string of the molecule is Cn1c(=O)c2nnn(N=Cc3ccc(Br)cc3)c2n(C)c1=O. The molecule has 0 radical (unpaired) electrons. The summed E-state index contributed by atoms with van der Waals surface area (Å²) in [4.78, 5) is 25.1. The molecule has 0 fully saturated rings. The van der Waals surface area contributed by atoms with Crippen molar-refractivity contribution >= 4 is 33.3 Å². The average molecular weight is 363 g/mol. The Kier molecular flexibility index (Phi) is 3.49. The van der Waals surface area contributed by atoms with Gasteiger partial charge in [-0.15, -0.1) is 9.89 Å². The molecule has 0 atom stereocenters. The summed E-state index contributed by atoms with van der Waals surface area (Å²) in [5, 5.41) is 11.8. The zero-order valence-corrected chi connectivity index (χ0v) is 13.4. The zero-order chi connectivity index (χ0) is 15.9. The molecule has 0 aliphatic carbocycles. The van der Waals surface area contributed by atoms with Gasteiger partial charge in [0.15, 0.2) is 11.2 Å². The molecule has 0 N–H and O–H groups in total. The van der Waals surface area contributed by atoms with Crippen LogP contribution in [0.5, 0.6) is 0 Å². The number of aromatic nitrogens is 5. The third kappa shape index (κ3) is 2.29. The van der Waals surface area contributed by atoms with E-state index in [4.69, 9.17) is 0 Å². The van der Waals surface area contributed by atoms with E-state index in [1.54, 1.807) is 13.3 Å². The Morgan fingerprint density at radius 3 is 2.50 bits per heavy atom. The van der Waals surface area contributed by atoms with Gasteiger partial charge in [0, 0.05) is 18.6 Å². The van der Waals surface area contributed by atoms with E-state index in [1.807, 2.05) is 24.3 Å². The van der Waals surface area contributed by atoms with Crippen molar-refractivity contribution in [3.8, 4) is 0 Å². The van der Waals surface area contributed by atoms with Crippen LogP contribution in [0.3, 0.4) is 0 Å². The van der Waals surface area contributed by atoms with E-state index in [0.29, 0.717) is 0 Å². The fourth-order valence-corrected chi connectivity index (χ4v) is 2.27. The van der Waals surface area contributed by atoms with Gasteiger partial charge < -0.3 is 0 Å². The molecule has 0 unspecified atom stereocenters. The first kappa shape index (κ1) is 14.4. The summed E-state index contributed by atoms with van der Waals surface area (Å²) < 4.78 is 3.23. The summed E-state index contributed by atoms with van der Waals surface area (Å²) in [5.41, 5.74) is 0.239. The highest BCUT2D eigenvalue weighted by atomic mass is 79.9. The van der Waals surface area contributed by atoms with E-state index in [9.17, 15) is 9.59 Å². The number of benzene rings is 1. The van der Waals surface area contributed by atoms with Gasteiger partial charge in [-0.3, -0.25) is 13.9 Å². The lowest BCUT2D eigenvalue weighted by Crippen LogP contribution is -2.37. The van der Waals surface area contributed by atoms with Crippen LogP contribution in [-0.4, -0.2) is 30.5 Å². The number of nitrogens with zero attached hydrogens (tertiary/aromatic N) is 6. The molecular formula is C13H11BrN6O2. The first-order valence-corrected chi connectivity index (χ1v) is 7.09. The van der Waals surface area contributed by atoms with Crippen LogP contribution in [0, 0.1) is 0 Å². The molecule has 0 amide bonds. The summed E-state index contributed by atoms with van der Waals surface area (Å²) in [6.45, 7) is 0. The van der Waals surface area contributed by atoms with Crippen molar-refractivity contribution in [3.63, 3.8) is 0 Å². The predicted octanol–water partition coefficient (Wildman–Crippen LogP) is 0.473. The summed E-state index contributed by atoms with van der Waals surface area (Å²) in [7, 11) is 2.94. The molecule has 9 heteroatoms. The minimum atomic E-state index is -0.497. The maximum atomic E-state index is 12.0. The zero-order valence-electron chi connectivity index (χ0n) is 11.8. The first-order chi connectivity index (χ1) is 10.5. The molecule has 0 aliphatic rings. The Balaban J connectivity index is 2.15. The topological polar surface area (TPSA) is 87.1 Å². The second-order valence-electron chi connectivity index (χ2n) is 4.65. The van der Waals surface area contributed by atoms with Gasteiger partial charge in [0.1, 0.15) is 0 Å². The highest BCUT2D eigenvalue weighted by Gasteiger charge is 2.14. The summed E-state index contributed by atoms with van der Waals surface area (Å²) in [5.74, 6) is 0. The molecule has 1 aromatic carbocycles. The molecule has 0 aliphatic heterocycles. The standard InChI is InChI=1S/C13H11BrN6O2/c1-18-11-10(12(21)19(2)13(18)22)16-17-20(11)15-7-8-3-5-9(14)6-4-8/h3-7H,1-2H3. The van der Waals surface area contributed by atoms with Crippen LogP contribution in [0.1, 0.15) is 5.56 Å². The van der Waals surface area contributed by atoms with E-state index in [-0.39, 0.29) is 11.2 Å². The van der Waals surface area contributed by atoms with E-state index in [1.165, 1.54) is 16.4 Å². The van der Waals surface area contributed by atoms with Crippen molar-refractivity contribution < 1.29 is 0 Å². The van der Waals surface area contributed by atoms with E-state index < -0.39 is 11.2 Å². The van der Waals surface area contributed by atoms with Gasteiger partial charge in [-0.1, -0.05) is 28.1 Å². The Bertz CT molecular complexity index is 996. The third-order valence-electron chi connectivity index (χ3n) is 3.22. The Hall–Kier alpha value is -2.55. The van der Waals surface area contributed by atoms with Gasteiger partial charge in [-0.05, 0) is 22.9 Å². The van der Waals surface area contributed by atoms with Crippen molar-refractivity contribution in [3.05, 3.63) is 55.1 Å². The molecule has 0 spiro atoms. The minimum absolute atomic E-state index is 0.0950. The average Bonchev–Trinajstić information content (AvgIpc) is 2.94. The van der Waals surface area contributed by atoms with Crippen LogP contribution in [0.25, 0.3) is 11.2 Å². The van der Waals surface area contributed by atoms with Crippen molar-refractivity contribution in [1.82, 2.24) is 24.2 Å². The van der Waals surface area contributed by atoms with Gasteiger partial charge >= 0.3 is 5.69 Å². The molecule has 0 saturated carbocycles. The molecule has 3 rings (SSSR count). The largest absolute Gasteiger partial charge is 0.332 e. The van der Waals surface area contributed by atoms with Crippen molar-refractivity contribution in [2.45, 2.75) is 0 Å². The summed E-state index contributed by atoms with van der Waals surface area (Å²) in [6.07, 6.45) is 1.57. The fraction of sp³-hybridized carbons (Fsp3) is 0.154. The predicted molar refractivity (Wildman–Crippen MR) is 85.1 cm³/mol. The molecule has 2 heterocycles. The van der Waals surface area contributed by atoms with Crippen molar-refractivity contribution in [2.75, 3.05) is 0 Å². The van der Waals surface area contributed by atoms with Gasteiger partial charge in [0.05, 0.1) is 6.21 Å². The maximum absolute atomic E-state index is 12.0. The first-order valence-electron chi connectivity index (χ1n) is 6.30. The lowest BCUT2D eigenvalue weighted by molar-refractivity contribution is 0.666. The van der Waals surface area contributed by atoms with Crippen molar-refractivity contribution in [2.24, 2.45) is 19.2 Å². The smallest absolute Gasteiger partial charge is 0.278 e. The van der Waals surface area contributed by atoms with Crippen LogP contribution >= 0.6 is 15.9 Å². The number of hydrogen-bond acceptors (Lipinski definition) is 5. The number of halogens is 1. The molecule has 0 saturated heterocycles. The molecule has 8 nitrogen and oxygen atoms in total. The third-order valence-corrected chi connectivity index (χ3v) is 3.74. The molecule has 0 bridgehead atoms. The second-order valence-corrected chi connectivity index (χ2v) is 5.57. The monoisotopic (exact) mass is 362 g/mol. The van der Waals surface area contributed by atoms with Gasteiger partial charge in [-0.25, -0.2) is 4.79 Å². The Morgan fingerprint density at radius 1 is 1.14 bits per heavy atom. The van der Waals surface area contributed by atoms with Gasteiger partial charge in [0.2, 0.25) is 0 Å². The number of aryl methyl sites for hydroxylation is 1. The Labute approximate surface area is 132 Å². The molecule has 2 aromatic heterocycles. The number of rotatable bonds is 2. The second kappa shape index (κ2) is 5.34. The minimum Gasteiger partial charge on any atom is -0.278 e. The van der Waals surface area contributed by atoms with Crippen LogP contribution in [0.2, 0.25) is 0 Å². The van der Waals surface area contributed by atoms with E-state index >= 15 is 0 Å². The molecule has 3 aromatic rings. The number of hydrogen-bond donors (Lipinski definition) is 0. The number of fused-ring (bicyclic) bond motifs is 1. The fourth-order valence-electron chi connectivity index (χ4n) is 2.01. The van der Waals surface area contributed by atoms with Crippen LogP contribution in [-0.2, 0) is 14.1 Å². The quantitative estimate of drug-likeness (QED) is 0.620. The summed E-state index contributed by atoms with van der Waals surface area (Å²) >= 11 is 3.35. The molecule has 112 valence electrons. The molecular weight excluding hydrogens is 352 g/mol. The van der Waals surface area contributed by atoms with Crippen LogP contribution in [0.15, 0.2) is 43.4 Å². The molecule has 22 heavy (non-hydrogen) atoms. The van der Waals surface area contributed by atoms with E-state index in [2.05, 4.69) is 31.3 Å². The highest BCUT2D eigenvalue weighted by molar-refractivity contribution is 9.10. The van der Waals surface area contributed by atoms with Crippen LogP contribution < -0.4 is 11.2 Å². The highest BCUT2D eigenvalue weighted by Crippen LogP contribution is 2.09.